The number of hydrogen-bond acceptors (Lipinski definition) is 7. The summed E-state index contributed by atoms with van der Waals surface area (Å²) in [6, 6.07) is -0.999. The molecule has 9 nitrogen and oxygen atoms in total. The number of carbonyl (C=O) groups excluding carboxylic acids is 1. The lowest BCUT2D eigenvalue weighted by Crippen LogP contribution is -2.46. The standard InChI is InChI=1S/C41H79N2O7P/c1-3-5-7-9-11-13-14-15-16-17-18-19-20-21-22-23-25-26-28-30-32-38(44)36-41(46)43-39(37-50-51(47,48)49-35-34-42)40(45)33-31-29-27-24-12-10-8-6-4-2/h12,20-21,24,31,33,38-40,44-45H,3-11,13-19,22-23,25-30,32,34-37,42H2,1-2H3,(H,43,46)(H,47,48)/b21-20-,24-12+,33-31+. The molecule has 0 aromatic heterocycles. The summed E-state index contributed by atoms with van der Waals surface area (Å²) in [6.07, 6.45) is 39.7. The zero-order chi connectivity index (χ0) is 37.7. The van der Waals surface area contributed by atoms with E-state index >= 15 is 0 Å². The smallest absolute Gasteiger partial charge is 0.393 e. The van der Waals surface area contributed by atoms with Gasteiger partial charge >= 0.3 is 7.82 Å². The van der Waals surface area contributed by atoms with Crippen LogP contribution in [0.1, 0.15) is 181 Å². The van der Waals surface area contributed by atoms with Gasteiger partial charge in [-0.3, -0.25) is 13.8 Å². The van der Waals surface area contributed by atoms with Crippen LogP contribution in [-0.4, -0.2) is 59.0 Å². The van der Waals surface area contributed by atoms with Crippen LogP contribution in [0.3, 0.4) is 0 Å². The maximum atomic E-state index is 12.7. The van der Waals surface area contributed by atoms with Gasteiger partial charge in [0.05, 0.1) is 37.9 Å². The molecule has 0 radical (unpaired) electrons. The van der Waals surface area contributed by atoms with Gasteiger partial charge in [-0.1, -0.05) is 153 Å². The molecule has 0 heterocycles. The van der Waals surface area contributed by atoms with Crippen molar-refractivity contribution in [3.05, 3.63) is 36.5 Å². The summed E-state index contributed by atoms with van der Waals surface area (Å²) in [5.74, 6) is -0.464. The van der Waals surface area contributed by atoms with E-state index in [0.717, 1.165) is 44.9 Å². The summed E-state index contributed by atoms with van der Waals surface area (Å²) in [4.78, 5) is 22.6. The Hall–Kier alpha value is -1.32. The van der Waals surface area contributed by atoms with E-state index in [9.17, 15) is 24.5 Å². The Balaban J connectivity index is 4.23. The minimum atomic E-state index is -4.40. The molecule has 4 unspecified atom stereocenters. The largest absolute Gasteiger partial charge is 0.472 e. The first-order valence-electron chi connectivity index (χ1n) is 20.7. The molecule has 10 heteroatoms. The van der Waals surface area contributed by atoms with Crippen molar-refractivity contribution >= 4 is 13.7 Å². The minimum Gasteiger partial charge on any atom is -0.393 e. The van der Waals surface area contributed by atoms with Crippen LogP contribution in [0.25, 0.3) is 0 Å². The van der Waals surface area contributed by atoms with Gasteiger partial charge in [0.25, 0.3) is 0 Å². The Morgan fingerprint density at radius 1 is 0.667 bits per heavy atom. The average molecular weight is 743 g/mol. The summed E-state index contributed by atoms with van der Waals surface area (Å²) < 4.78 is 21.9. The maximum absolute atomic E-state index is 12.7. The van der Waals surface area contributed by atoms with E-state index in [0.29, 0.717) is 12.8 Å². The number of allylic oxidation sites excluding steroid dienone is 5. The number of amides is 1. The number of unbranched alkanes of at least 4 members (excludes halogenated alkanes) is 20. The normalized spacial score (nSPS) is 15.2. The topological polar surface area (TPSA) is 151 Å². The SMILES string of the molecule is CCCCC/C=C/CC/C=C/C(O)C(COP(=O)(O)OCCN)NC(=O)CC(O)CCCCCCC/C=C\CCCCCCCCCCCCC. The molecule has 0 bridgehead atoms. The molecular weight excluding hydrogens is 663 g/mol. The second-order valence-corrected chi connectivity index (χ2v) is 15.5. The molecule has 0 aromatic carbocycles. The lowest BCUT2D eigenvalue weighted by Gasteiger charge is -2.24. The molecule has 0 fully saturated rings. The fourth-order valence-corrected chi connectivity index (χ4v) is 6.59. The average Bonchev–Trinajstić information content (AvgIpc) is 3.10. The van der Waals surface area contributed by atoms with Crippen LogP contribution >= 0.6 is 7.82 Å². The molecule has 0 saturated heterocycles. The van der Waals surface area contributed by atoms with Crippen molar-refractivity contribution < 1.29 is 33.5 Å². The lowest BCUT2D eigenvalue weighted by molar-refractivity contribution is -0.124. The van der Waals surface area contributed by atoms with Crippen LogP contribution < -0.4 is 11.1 Å². The zero-order valence-corrected chi connectivity index (χ0v) is 33.6. The molecule has 0 aliphatic rings. The second kappa shape index (κ2) is 37.0. The fourth-order valence-electron chi connectivity index (χ4n) is 5.83. The number of carbonyl (C=O) groups is 1. The van der Waals surface area contributed by atoms with Crippen LogP contribution in [0.5, 0.6) is 0 Å². The summed E-state index contributed by atoms with van der Waals surface area (Å²) in [5, 5.41) is 23.9. The highest BCUT2D eigenvalue weighted by Crippen LogP contribution is 2.43. The Morgan fingerprint density at radius 3 is 1.67 bits per heavy atom. The van der Waals surface area contributed by atoms with Gasteiger partial charge in [-0.15, -0.1) is 0 Å². The second-order valence-electron chi connectivity index (χ2n) is 14.0. The summed E-state index contributed by atoms with van der Waals surface area (Å²) in [6.45, 7) is 3.88. The zero-order valence-electron chi connectivity index (χ0n) is 32.7. The fraction of sp³-hybridized carbons (Fsp3) is 0.829. The number of rotatable bonds is 38. The molecule has 0 aliphatic heterocycles. The number of aliphatic hydroxyl groups is 2. The molecule has 6 N–H and O–H groups in total. The minimum absolute atomic E-state index is 0.0429. The van der Waals surface area contributed by atoms with E-state index in [4.69, 9.17) is 14.8 Å². The molecule has 51 heavy (non-hydrogen) atoms. The van der Waals surface area contributed by atoms with E-state index < -0.39 is 38.6 Å². The summed E-state index contributed by atoms with van der Waals surface area (Å²) >= 11 is 0. The Bertz CT molecular complexity index is 914. The molecule has 300 valence electrons. The van der Waals surface area contributed by atoms with Gasteiger partial charge < -0.3 is 26.2 Å². The van der Waals surface area contributed by atoms with Crippen LogP contribution in [0.4, 0.5) is 0 Å². The summed E-state index contributed by atoms with van der Waals surface area (Å²) in [7, 11) is -4.40. The third-order valence-electron chi connectivity index (χ3n) is 8.99. The van der Waals surface area contributed by atoms with Crippen molar-refractivity contribution in [3.63, 3.8) is 0 Å². The van der Waals surface area contributed by atoms with Crippen molar-refractivity contribution in [2.24, 2.45) is 5.73 Å². The Labute approximate surface area is 312 Å². The van der Waals surface area contributed by atoms with Crippen molar-refractivity contribution in [3.8, 4) is 0 Å². The predicted molar refractivity (Wildman–Crippen MR) is 214 cm³/mol. The highest BCUT2D eigenvalue weighted by atomic mass is 31.2. The number of phosphoric ester groups is 1. The quantitative estimate of drug-likeness (QED) is 0.0238. The molecule has 0 rings (SSSR count). The highest BCUT2D eigenvalue weighted by molar-refractivity contribution is 7.47. The van der Waals surface area contributed by atoms with Crippen molar-refractivity contribution in [2.45, 2.75) is 199 Å². The lowest BCUT2D eigenvalue weighted by atomic mass is 10.0. The van der Waals surface area contributed by atoms with Gasteiger partial charge in [0.2, 0.25) is 5.91 Å². The number of nitrogens with two attached hydrogens (primary N) is 1. The van der Waals surface area contributed by atoms with Gasteiger partial charge in [-0.05, 0) is 57.8 Å². The van der Waals surface area contributed by atoms with Crippen molar-refractivity contribution in [2.75, 3.05) is 19.8 Å². The first-order valence-corrected chi connectivity index (χ1v) is 22.2. The molecule has 1 amide bonds. The van der Waals surface area contributed by atoms with Gasteiger partial charge in [0.1, 0.15) is 0 Å². The number of aliphatic hydroxyl groups excluding tert-OH is 2. The summed E-state index contributed by atoms with van der Waals surface area (Å²) in [5.41, 5.74) is 5.34. The van der Waals surface area contributed by atoms with Crippen LogP contribution in [0.15, 0.2) is 36.5 Å². The van der Waals surface area contributed by atoms with Crippen LogP contribution in [0.2, 0.25) is 0 Å². The third-order valence-corrected chi connectivity index (χ3v) is 9.98. The Morgan fingerprint density at radius 2 is 1.12 bits per heavy atom. The van der Waals surface area contributed by atoms with Gasteiger partial charge in [0, 0.05) is 6.54 Å². The molecular formula is C41H79N2O7P. The number of hydrogen-bond donors (Lipinski definition) is 5. The van der Waals surface area contributed by atoms with E-state index in [1.165, 1.54) is 103 Å². The molecule has 0 aliphatic carbocycles. The van der Waals surface area contributed by atoms with Gasteiger partial charge in [-0.25, -0.2) is 4.57 Å². The monoisotopic (exact) mass is 743 g/mol. The van der Waals surface area contributed by atoms with Gasteiger partial charge in [0.15, 0.2) is 0 Å². The van der Waals surface area contributed by atoms with Gasteiger partial charge in [-0.2, -0.15) is 0 Å². The van der Waals surface area contributed by atoms with Crippen molar-refractivity contribution in [1.29, 1.82) is 0 Å². The van der Waals surface area contributed by atoms with E-state index in [1.807, 2.05) is 6.08 Å². The predicted octanol–water partition coefficient (Wildman–Crippen LogP) is 10.1. The molecule has 0 saturated carbocycles. The third kappa shape index (κ3) is 35.5. The highest BCUT2D eigenvalue weighted by Gasteiger charge is 2.27. The van der Waals surface area contributed by atoms with E-state index in [2.05, 4.69) is 43.5 Å². The molecule has 0 aromatic rings. The molecule has 4 atom stereocenters. The Kier molecular flexibility index (Phi) is 36.1. The number of nitrogens with one attached hydrogen (secondary N) is 1. The maximum Gasteiger partial charge on any atom is 0.472 e. The van der Waals surface area contributed by atoms with E-state index in [-0.39, 0.29) is 19.6 Å². The molecule has 0 spiro atoms. The first-order chi connectivity index (χ1) is 24.8. The number of phosphoric acid groups is 1. The van der Waals surface area contributed by atoms with Crippen LogP contribution in [0, 0.1) is 0 Å². The van der Waals surface area contributed by atoms with Crippen LogP contribution in [-0.2, 0) is 18.4 Å². The van der Waals surface area contributed by atoms with E-state index in [1.54, 1.807) is 6.08 Å². The van der Waals surface area contributed by atoms with Crippen molar-refractivity contribution in [1.82, 2.24) is 5.32 Å². The first kappa shape index (κ1) is 49.7.